The summed E-state index contributed by atoms with van der Waals surface area (Å²) in [5.41, 5.74) is 6.31. The highest BCUT2D eigenvalue weighted by atomic mass is 35.5. The summed E-state index contributed by atoms with van der Waals surface area (Å²) >= 11 is 7.07. The van der Waals surface area contributed by atoms with Gasteiger partial charge in [0.25, 0.3) is 5.91 Å². The maximum atomic E-state index is 11.9. The van der Waals surface area contributed by atoms with Gasteiger partial charge in [0, 0.05) is 10.6 Å². The highest BCUT2D eigenvalue weighted by Gasteiger charge is 2.11. The van der Waals surface area contributed by atoms with E-state index in [4.69, 9.17) is 17.3 Å². The molecular weight excluding hydrogens is 258 g/mol. The number of thiophene rings is 1. The van der Waals surface area contributed by atoms with Crippen molar-refractivity contribution in [3.8, 4) is 0 Å². The van der Waals surface area contributed by atoms with Crippen molar-refractivity contribution in [3.05, 3.63) is 39.2 Å². The van der Waals surface area contributed by atoms with Crippen LogP contribution in [0.5, 0.6) is 0 Å². The van der Waals surface area contributed by atoms with E-state index in [-0.39, 0.29) is 5.91 Å². The maximum Gasteiger partial charge on any atom is 0.266 e. The molecule has 2 heterocycles. The Hall–Kier alpha value is -1.59. The third-order valence-electron chi connectivity index (χ3n) is 2.14. The van der Waals surface area contributed by atoms with Crippen LogP contribution in [-0.4, -0.2) is 10.9 Å². The predicted octanol–water partition coefficient (Wildman–Crippen LogP) is 2.94. The second kappa shape index (κ2) is 4.73. The van der Waals surface area contributed by atoms with E-state index in [0.29, 0.717) is 21.5 Å². The van der Waals surface area contributed by atoms with E-state index >= 15 is 0 Å². The first kappa shape index (κ1) is 11.9. The van der Waals surface area contributed by atoms with Crippen LogP contribution in [0.25, 0.3) is 0 Å². The number of amides is 1. The van der Waals surface area contributed by atoms with E-state index in [1.54, 1.807) is 24.3 Å². The van der Waals surface area contributed by atoms with E-state index in [9.17, 15) is 4.79 Å². The van der Waals surface area contributed by atoms with Crippen LogP contribution in [0, 0.1) is 6.92 Å². The Morgan fingerprint density at radius 2 is 2.29 bits per heavy atom. The highest BCUT2D eigenvalue weighted by Crippen LogP contribution is 2.24. The number of halogens is 1. The fourth-order valence-electron chi connectivity index (χ4n) is 1.26. The molecular formula is C11H10ClN3OS. The number of hydrogen-bond donors (Lipinski definition) is 2. The molecule has 0 radical (unpaired) electrons. The first-order chi connectivity index (χ1) is 8.06. The average molecular weight is 268 g/mol. The molecule has 0 unspecified atom stereocenters. The topological polar surface area (TPSA) is 68.0 Å². The smallest absolute Gasteiger partial charge is 0.266 e. The zero-order valence-corrected chi connectivity index (χ0v) is 10.6. The molecule has 2 rings (SSSR count). The van der Waals surface area contributed by atoms with Crippen LogP contribution in [0.2, 0.25) is 5.15 Å². The lowest BCUT2D eigenvalue weighted by molar-refractivity contribution is 0.103. The molecule has 0 aliphatic heterocycles. The van der Waals surface area contributed by atoms with Crippen LogP contribution in [0.4, 0.5) is 11.5 Å². The molecule has 0 atom stereocenters. The normalized spacial score (nSPS) is 10.2. The number of pyridine rings is 1. The molecule has 0 aliphatic rings. The van der Waals surface area contributed by atoms with Gasteiger partial charge in [0.05, 0.1) is 4.88 Å². The molecule has 0 fully saturated rings. The van der Waals surface area contributed by atoms with Crippen LogP contribution in [0.3, 0.4) is 0 Å². The minimum Gasteiger partial charge on any atom is -0.398 e. The number of aryl methyl sites for hydroxylation is 1. The van der Waals surface area contributed by atoms with Gasteiger partial charge in [-0.25, -0.2) is 4.98 Å². The van der Waals surface area contributed by atoms with Gasteiger partial charge in [-0.2, -0.15) is 0 Å². The van der Waals surface area contributed by atoms with Gasteiger partial charge < -0.3 is 11.1 Å². The van der Waals surface area contributed by atoms with Crippen molar-refractivity contribution in [3.63, 3.8) is 0 Å². The molecule has 1 amide bonds. The van der Waals surface area contributed by atoms with Crippen molar-refractivity contribution in [1.82, 2.24) is 4.98 Å². The van der Waals surface area contributed by atoms with Crippen LogP contribution in [0.15, 0.2) is 24.3 Å². The first-order valence-corrected chi connectivity index (χ1v) is 6.05. The molecule has 0 spiro atoms. The highest BCUT2D eigenvalue weighted by molar-refractivity contribution is 7.14. The zero-order chi connectivity index (χ0) is 12.4. The second-order valence-corrected chi connectivity index (χ2v) is 5.07. The number of carbonyl (C=O) groups is 1. The lowest BCUT2D eigenvalue weighted by Crippen LogP contribution is -2.11. The van der Waals surface area contributed by atoms with Crippen molar-refractivity contribution in [2.45, 2.75) is 6.92 Å². The summed E-state index contributed by atoms with van der Waals surface area (Å²) in [6, 6.07) is 6.69. The fraction of sp³-hybridized carbons (Fsp3) is 0.0909. The Morgan fingerprint density at radius 1 is 1.53 bits per heavy atom. The molecule has 6 heteroatoms. The van der Waals surface area contributed by atoms with Gasteiger partial charge in [-0.3, -0.25) is 4.79 Å². The zero-order valence-electron chi connectivity index (χ0n) is 9.03. The molecule has 2 aromatic heterocycles. The first-order valence-electron chi connectivity index (χ1n) is 4.86. The summed E-state index contributed by atoms with van der Waals surface area (Å²) in [7, 11) is 0. The van der Waals surface area contributed by atoms with Crippen LogP contribution in [0.1, 0.15) is 14.5 Å². The summed E-state index contributed by atoms with van der Waals surface area (Å²) in [4.78, 5) is 17.3. The third kappa shape index (κ3) is 2.75. The number of carbonyl (C=O) groups excluding carboxylic acids is 1. The fourth-order valence-corrected chi connectivity index (χ4v) is 2.26. The largest absolute Gasteiger partial charge is 0.398 e. The lowest BCUT2D eigenvalue weighted by atomic mass is 10.3. The number of aromatic nitrogens is 1. The maximum absolute atomic E-state index is 11.9. The Bertz CT molecular complexity index is 548. The van der Waals surface area contributed by atoms with Crippen molar-refractivity contribution < 1.29 is 4.79 Å². The Morgan fingerprint density at radius 3 is 2.88 bits per heavy atom. The Balaban J connectivity index is 2.17. The predicted molar refractivity (Wildman–Crippen MR) is 70.7 cm³/mol. The van der Waals surface area contributed by atoms with E-state index in [2.05, 4.69) is 10.3 Å². The van der Waals surface area contributed by atoms with Crippen molar-refractivity contribution in [1.29, 1.82) is 0 Å². The molecule has 88 valence electrons. The van der Waals surface area contributed by atoms with E-state index < -0.39 is 0 Å². The molecule has 4 nitrogen and oxygen atoms in total. The van der Waals surface area contributed by atoms with E-state index in [1.807, 2.05) is 6.92 Å². The van der Waals surface area contributed by atoms with Crippen molar-refractivity contribution in [2.24, 2.45) is 0 Å². The number of nitrogens with one attached hydrogen (secondary N) is 1. The molecule has 0 aromatic carbocycles. The Kier molecular flexibility index (Phi) is 3.31. The van der Waals surface area contributed by atoms with Gasteiger partial charge >= 0.3 is 0 Å². The monoisotopic (exact) mass is 267 g/mol. The standard InChI is InChI=1S/C11H10ClN3OS/c1-6-7(13)5-8(17-6)11(16)15-10-4-2-3-9(12)14-10/h2-5H,13H2,1H3,(H,14,15,16). The minimum atomic E-state index is -0.232. The molecule has 2 aromatic rings. The molecule has 0 bridgehead atoms. The van der Waals surface area contributed by atoms with Crippen LogP contribution in [-0.2, 0) is 0 Å². The summed E-state index contributed by atoms with van der Waals surface area (Å²) in [6.45, 7) is 1.87. The van der Waals surface area contributed by atoms with Gasteiger partial charge in [0.2, 0.25) is 0 Å². The van der Waals surface area contributed by atoms with Gasteiger partial charge in [-0.1, -0.05) is 17.7 Å². The van der Waals surface area contributed by atoms with Gasteiger partial charge in [-0.15, -0.1) is 11.3 Å². The quantitative estimate of drug-likeness (QED) is 0.822. The summed E-state index contributed by atoms with van der Waals surface area (Å²) in [5.74, 6) is 0.191. The molecule has 0 saturated carbocycles. The Labute approximate surface area is 107 Å². The number of hydrogen-bond acceptors (Lipinski definition) is 4. The summed E-state index contributed by atoms with van der Waals surface area (Å²) in [6.07, 6.45) is 0. The van der Waals surface area contributed by atoms with E-state index in [0.717, 1.165) is 4.88 Å². The molecule has 17 heavy (non-hydrogen) atoms. The number of nitrogens with zero attached hydrogens (tertiary/aromatic N) is 1. The summed E-state index contributed by atoms with van der Waals surface area (Å²) < 4.78 is 0. The van der Waals surface area contributed by atoms with Crippen LogP contribution >= 0.6 is 22.9 Å². The van der Waals surface area contributed by atoms with Crippen molar-refractivity contribution in [2.75, 3.05) is 11.1 Å². The lowest BCUT2D eigenvalue weighted by Gasteiger charge is -2.02. The minimum absolute atomic E-state index is 0.232. The molecule has 0 saturated heterocycles. The second-order valence-electron chi connectivity index (χ2n) is 3.42. The number of nitrogen functional groups attached to an aromatic ring is 1. The van der Waals surface area contributed by atoms with Gasteiger partial charge in [-0.05, 0) is 25.1 Å². The SMILES string of the molecule is Cc1sc(C(=O)Nc2cccc(Cl)n2)cc1N. The summed E-state index contributed by atoms with van der Waals surface area (Å²) in [5, 5.41) is 3.00. The van der Waals surface area contributed by atoms with Crippen molar-refractivity contribution >= 4 is 40.4 Å². The average Bonchev–Trinajstić information content (AvgIpc) is 2.59. The molecule has 0 aliphatic carbocycles. The third-order valence-corrected chi connectivity index (χ3v) is 3.41. The van der Waals surface area contributed by atoms with E-state index in [1.165, 1.54) is 11.3 Å². The van der Waals surface area contributed by atoms with Crippen LogP contribution < -0.4 is 11.1 Å². The van der Waals surface area contributed by atoms with Gasteiger partial charge in [0.1, 0.15) is 11.0 Å². The number of nitrogens with two attached hydrogens (primary N) is 1. The number of anilines is 2. The number of rotatable bonds is 2. The van der Waals surface area contributed by atoms with Gasteiger partial charge in [0.15, 0.2) is 0 Å². The molecule has 3 N–H and O–H groups in total.